The molecule has 0 atom stereocenters. The fourth-order valence-corrected chi connectivity index (χ4v) is 1.86. The van der Waals surface area contributed by atoms with Crippen LogP contribution in [-0.4, -0.2) is 0 Å². The van der Waals surface area contributed by atoms with Crippen molar-refractivity contribution >= 4 is 0 Å². The summed E-state index contributed by atoms with van der Waals surface area (Å²) in [6, 6.07) is 19.4. The largest absolute Gasteiger partial charge is 0.489 e. The zero-order chi connectivity index (χ0) is 13.0. The maximum atomic E-state index is 5.92. The smallest absolute Gasteiger partial charge is 0.124 e. The minimum absolute atomic E-state index is 0.0489. The highest BCUT2D eigenvalue weighted by Crippen LogP contribution is 2.30. The van der Waals surface area contributed by atoms with Gasteiger partial charge in [-0.05, 0) is 23.1 Å². The summed E-state index contributed by atoms with van der Waals surface area (Å²) in [5.41, 5.74) is 2.36. The van der Waals surface area contributed by atoms with Crippen LogP contribution >= 0.6 is 0 Å². The van der Waals surface area contributed by atoms with E-state index in [2.05, 4.69) is 39.0 Å². The molecular formula is C17H19O. The van der Waals surface area contributed by atoms with Crippen molar-refractivity contribution in [2.45, 2.75) is 32.8 Å². The molecule has 0 aromatic heterocycles. The molecule has 1 nitrogen and oxygen atoms in total. The normalized spacial score (nSPS) is 11.3. The van der Waals surface area contributed by atoms with E-state index in [1.807, 2.05) is 36.4 Å². The van der Waals surface area contributed by atoms with Crippen LogP contribution in [-0.2, 0) is 12.0 Å². The summed E-state index contributed by atoms with van der Waals surface area (Å²) in [6.07, 6.45) is 0. The predicted octanol–water partition coefficient (Wildman–Crippen LogP) is 4.36. The molecule has 0 N–H and O–H groups in total. The first-order valence-electron chi connectivity index (χ1n) is 6.25. The van der Waals surface area contributed by atoms with Crippen molar-refractivity contribution in [2.24, 2.45) is 0 Å². The molecule has 0 aliphatic rings. The standard InChI is InChI=1S/C17H19O/c1-17(2,3)15-11-7-8-12-16(15)18-13-14-9-5-4-6-10-14/h4-10,12H,13H2,1-3H3. The first kappa shape index (κ1) is 12.7. The highest BCUT2D eigenvalue weighted by Gasteiger charge is 2.18. The molecule has 93 valence electrons. The SMILES string of the molecule is CC(C)(C)c1[c]cccc1OCc1ccccc1. The molecule has 2 aromatic carbocycles. The molecule has 0 heterocycles. The van der Waals surface area contributed by atoms with Crippen LogP contribution in [0.5, 0.6) is 5.75 Å². The van der Waals surface area contributed by atoms with E-state index < -0.39 is 0 Å². The molecular weight excluding hydrogens is 220 g/mol. The Morgan fingerprint density at radius 2 is 1.72 bits per heavy atom. The molecule has 0 fully saturated rings. The minimum Gasteiger partial charge on any atom is -0.489 e. The summed E-state index contributed by atoms with van der Waals surface area (Å²) in [6.45, 7) is 7.12. The molecule has 0 aliphatic heterocycles. The van der Waals surface area contributed by atoms with Crippen LogP contribution in [0.15, 0.2) is 48.5 Å². The topological polar surface area (TPSA) is 9.23 Å². The zero-order valence-corrected chi connectivity index (χ0v) is 11.2. The molecule has 0 aliphatic carbocycles. The van der Waals surface area contributed by atoms with Gasteiger partial charge in [0.1, 0.15) is 12.4 Å². The van der Waals surface area contributed by atoms with Gasteiger partial charge >= 0.3 is 0 Å². The third-order valence-electron chi connectivity index (χ3n) is 2.81. The van der Waals surface area contributed by atoms with Crippen LogP contribution in [0.1, 0.15) is 31.9 Å². The lowest BCUT2D eigenvalue weighted by atomic mass is 9.86. The molecule has 0 saturated heterocycles. The second-order valence-corrected chi connectivity index (χ2v) is 5.43. The van der Waals surface area contributed by atoms with E-state index in [1.165, 1.54) is 5.56 Å². The minimum atomic E-state index is 0.0489. The van der Waals surface area contributed by atoms with Crippen molar-refractivity contribution in [1.29, 1.82) is 0 Å². The molecule has 0 amide bonds. The number of benzene rings is 2. The Balaban J connectivity index is 2.15. The Kier molecular flexibility index (Phi) is 3.71. The summed E-state index contributed by atoms with van der Waals surface area (Å²) in [7, 11) is 0. The second-order valence-electron chi connectivity index (χ2n) is 5.43. The number of hydrogen-bond donors (Lipinski definition) is 0. The van der Waals surface area contributed by atoms with E-state index in [-0.39, 0.29) is 5.41 Å². The fourth-order valence-electron chi connectivity index (χ4n) is 1.86. The summed E-state index contributed by atoms with van der Waals surface area (Å²) in [4.78, 5) is 0. The summed E-state index contributed by atoms with van der Waals surface area (Å²) in [5, 5.41) is 0. The van der Waals surface area contributed by atoms with E-state index in [1.54, 1.807) is 0 Å². The Hall–Kier alpha value is -1.76. The van der Waals surface area contributed by atoms with Gasteiger partial charge in [0.15, 0.2) is 0 Å². The molecule has 0 unspecified atom stereocenters. The zero-order valence-electron chi connectivity index (χ0n) is 11.2. The number of hydrogen-bond acceptors (Lipinski definition) is 1. The second kappa shape index (κ2) is 5.26. The highest BCUT2D eigenvalue weighted by atomic mass is 16.5. The van der Waals surface area contributed by atoms with Crippen LogP contribution in [0.4, 0.5) is 0 Å². The molecule has 0 bridgehead atoms. The number of rotatable bonds is 3. The molecule has 1 heteroatoms. The van der Waals surface area contributed by atoms with Gasteiger partial charge in [0.05, 0.1) is 0 Å². The first-order valence-corrected chi connectivity index (χ1v) is 6.25. The van der Waals surface area contributed by atoms with Crippen molar-refractivity contribution < 1.29 is 4.74 Å². The summed E-state index contributed by atoms with van der Waals surface area (Å²) < 4.78 is 5.92. The van der Waals surface area contributed by atoms with Gasteiger partial charge in [-0.1, -0.05) is 63.2 Å². The van der Waals surface area contributed by atoms with Crippen LogP contribution in [0, 0.1) is 6.07 Å². The van der Waals surface area contributed by atoms with Gasteiger partial charge < -0.3 is 4.74 Å². The van der Waals surface area contributed by atoms with E-state index in [0.717, 1.165) is 11.3 Å². The molecule has 0 spiro atoms. The lowest BCUT2D eigenvalue weighted by Gasteiger charge is -2.22. The monoisotopic (exact) mass is 239 g/mol. The Morgan fingerprint density at radius 1 is 1.00 bits per heavy atom. The quantitative estimate of drug-likeness (QED) is 0.773. The summed E-state index contributed by atoms with van der Waals surface area (Å²) >= 11 is 0. The fraction of sp³-hybridized carbons (Fsp3) is 0.294. The molecule has 2 rings (SSSR count). The molecule has 2 aromatic rings. The van der Waals surface area contributed by atoms with Gasteiger partial charge in [0, 0.05) is 5.56 Å². The Morgan fingerprint density at radius 3 is 2.39 bits per heavy atom. The number of ether oxygens (including phenoxy) is 1. The maximum absolute atomic E-state index is 5.92. The van der Waals surface area contributed by atoms with Crippen LogP contribution in [0.2, 0.25) is 0 Å². The van der Waals surface area contributed by atoms with E-state index in [9.17, 15) is 0 Å². The highest BCUT2D eigenvalue weighted by molar-refractivity contribution is 5.37. The van der Waals surface area contributed by atoms with Crippen molar-refractivity contribution in [3.63, 3.8) is 0 Å². The van der Waals surface area contributed by atoms with Gasteiger partial charge in [0.25, 0.3) is 0 Å². The maximum Gasteiger partial charge on any atom is 0.124 e. The van der Waals surface area contributed by atoms with Gasteiger partial charge in [-0.3, -0.25) is 0 Å². The third-order valence-corrected chi connectivity index (χ3v) is 2.81. The van der Waals surface area contributed by atoms with Crippen molar-refractivity contribution in [3.05, 3.63) is 65.7 Å². The third kappa shape index (κ3) is 3.13. The van der Waals surface area contributed by atoms with Crippen molar-refractivity contribution in [2.75, 3.05) is 0 Å². The summed E-state index contributed by atoms with van der Waals surface area (Å²) in [5.74, 6) is 0.925. The molecule has 1 radical (unpaired) electrons. The van der Waals surface area contributed by atoms with Gasteiger partial charge in [-0.25, -0.2) is 0 Å². The van der Waals surface area contributed by atoms with E-state index in [0.29, 0.717) is 6.61 Å². The van der Waals surface area contributed by atoms with E-state index >= 15 is 0 Å². The average Bonchev–Trinajstić information content (AvgIpc) is 2.37. The van der Waals surface area contributed by atoms with Crippen LogP contribution in [0.3, 0.4) is 0 Å². The Bertz CT molecular complexity index is 495. The lowest BCUT2D eigenvalue weighted by Crippen LogP contribution is -2.13. The van der Waals surface area contributed by atoms with Crippen molar-refractivity contribution in [1.82, 2.24) is 0 Å². The van der Waals surface area contributed by atoms with Crippen LogP contribution in [0.25, 0.3) is 0 Å². The van der Waals surface area contributed by atoms with Crippen molar-refractivity contribution in [3.8, 4) is 5.75 Å². The Labute approximate surface area is 109 Å². The average molecular weight is 239 g/mol. The van der Waals surface area contributed by atoms with Gasteiger partial charge in [0.2, 0.25) is 0 Å². The molecule has 0 saturated carbocycles. The van der Waals surface area contributed by atoms with Crippen LogP contribution < -0.4 is 4.74 Å². The lowest BCUT2D eigenvalue weighted by molar-refractivity contribution is 0.297. The first-order chi connectivity index (χ1) is 8.57. The predicted molar refractivity (Wildman–Crippen MR) is 74.8 cm³/mol. The van der Waals surface area contributed by atoms with E-state index in [4.69, 9.17) is 4.74 Å². The van der Waals surface area contributed by atoms with Gasteiger partial charge in [-0.2, -0.15) is 0 Å². The van der Waals surface area contributed by atoms with Gasteiger partial charge in [-0.15, -0.1) is 0 Å². The molecule has 18 heavy (non-hydrogen) atoms.